The van der Waals surface area contributed by atoms with Crippen LogP contribution in [0.25, 0.3) is 11.1 Å². The number of hydrogen-bond acceptors (Lipinski definition) is 1. The zero-order valence-corrected chi connectivity index (χ0v) is 10.3. The number of benzene rings is 2. The molecule has 0 unspecified atom stereocenters. The zero-order chi connectivity index (χ0) is 12.0. The normalized spacial score (nSPS) is 12.6. The van der Waals surface area contributed by atoms with Crippen LogP contribution in [0.2, 0.25) is 0 Å². The Morgan fingerprint density at radius 2 is 1.76 bits per heavy atom. The minimum atomic E-state index is 0.490. The molecule has 17 heavy (non-hydrogen) atoms. The lowest BCUT2D eigenvalue weighted by molar-refractivity contribution is 0.868. The van der Waals surface area contributed by atoms with Crippen molar-refractivity contribution in [1.29, 1.82) is 0 Å². The lowest BCUT2D eigenvalue weighted by Crippen LogP contribution is -2.00. The first kappa shape index (κ1) is 10.4. The number of rotatable bonds is 1. The van der Waals surface area contributed by atoms with Crippen LogP contribution in [0.3, 0.4) is 0 Å². The molecule has 1 heteroatoms. The Morgan fingerprint density at radius 3 is 2.53 bits per heavy atom. The van der Waals surface area contributed by atoms with Gasteiger partial charge in [0, 0.05) is 12.1 Å². The second-order valence-electron chi connectivity index (χ2n) is 5.08. The molecule has 0 aromatic heterocycles. The Labute approximate surface area is 102 Å². The molecular weight excluding hydrogens is 206 g/mol. The second kappa shape index (κ2) is 3.63. The van der Waals surface area contributed by atoms with Gasteiger partial charge >= 0.3 is 0 Å². The van der Waals surface area contributed by atoms with Crippen LogP contribution < -0.4 is 5.73 Å². The van der Waals surface area contributed by atoms with Gasteiger partial charge in [0.05, 0.1) is 0 Å². The van der Waals surface area contributed by atoms with Crippen LogP contribution in [0.1, 0.15) is 36.5 Å². The smallest absolute Gasteiger partial charge is 0.0391 e. The van der Waals surface area contributed by atoms with E-state index in [1.807, 2.05) is 0 Å². The summed E-state index contributed by atoms with van der Waals surface area (Å²) in [6, 6.07) is 13.0. The summed E-state index contributed by atoms with van der Waals surface area (Å²) in [5.74, 6) is 0.490. The fourth-order valence-corrected chi connectivity index (χ4v) is 2.76. The van der Waals surface area contributed by atoms with E-state index in [1.165, 1.54) is 27.8 Å². The van der Waals surface area contributed by atoms with E-state index in [4.69, 9.17) is 5.73 Å². The first-order valence-electron chi connectivity index (χ1n) is 6.18. The van der Waals surface area contributed by atoms with Crippen molar-refractivity contribution in [2.45, 2.75) is 26.2 Å². The number of anilines is 1. The van der Waals surface area contributed by atoms with Gasteiger partial charge in [0.15, 0.2) is 0 Å². The van der Waals surface area contributed by atoms with E-state index in [0.29, 0.717) is 5.92 Å². The van der Waals surface area contributed by atoms with Crippen molar-refractivity contribution in [3.8, 4) is 11.1 Å². The largest absolute Gasteiger partial charge is 0.398 e. The number of nitrogens with two attached hydrogens (primary N) is 1. The molecule has 0 aliphatic heterocycles. The van der Waals surface area contributed by atoms with Gasteiger partial charge in [0.1, 0.15) is 0 Å². The molecule has 2 N–H and O–H groups in total. The van der Waals surface area contributed by atoms with Crippen molar-refractivity contribution < 1.29 is 0 Å². The Bertz CT molecular complexity index is 582. The predicted octanol–water partition coefficient (Wildman–Crippen LogP) is 3.96. The first-order valence-corrected chi connectivity index (χ1v) is 6.18. The Hall–Kier alpha value is -1.76. The van der Waals surface area contributed by atoms with Gasteiger partial charge in [0.25, 0.3) is 0 Å². The number of nitrogen functional groups attached to an aromatic ring is 1. The minimum absolute atomic E-state index is 0.490. The maximum absolute atomic E-state index is 6.32. The summed E-state index contributed by atoms with van der Waals surface area (Å²) in [5, 5.41) is 0. The molecule has 2 aromatic carbocycles. The maximum Gasteiger partial charge on any atom is 0.0391 e. The van der Waals surface area contributed by atoms with Gasteiger partial charge in [-0.05, 0) is 33.7 Å². The minimum Gasteiger partial charge on any atom is -0.398 e. The van der Waals surface area contributed by atoms with E-state index in [9.17, 15) is 0 Å². The van der Waals surface area contributed by atoms with E-state index in [2.05, 4.69) is 50.2 Å². The first-order chi connectivity index (χ1) is 8.18. The molecule has 0 fully saturated rings. The molecule has 1 aliphatic rings. The SMILES string of the molecule is CC(C)c1ccc2c(c1N)Cc1ccccc1-2. The van der Waals surface area contributed by atoms with Crippen molar-refractivity contribution in [3.63, 3.8) is 0 Å². The van der Waals surface area contributed by atoms with Crippen LogP contribution in [0.5, 0.6) is 0 Å². The topological polar surface area (TPSA) is 26.0 Å². The Kier molecular flexibility index (Phi) is 2.22. The van der Waals surface area contributed by atoms with E-state index in [-0.39, 0.29) is 0 Å². The van der Waals surface area contributed by atoms with Crippen molar-refractivity contribution >= 4 is 5.69 Å². The van der Waals surface area contributed by atoms with Gasteiger partial charge in [-0.15, -0.1) is 0 Å². The summed E-state index contributed by atoms with van der Waals surface area (Å²) < 4.78 is 0. The average molecular weight is 223 g/mol. The molecule has 0 amide bonds. The summed E-state index contributed by atoms with van der Waals surface area (Å²) in [6.45, 7) is 4.39. The van der Waals surface area contributed by atoms with Crippen molar-refractivity contribution in [2.75, 3.05) is 5.73 Å². The summed E-state index contributed by atoms with van der Waals surface area (Å²) >= 11 is 0. The van der Waals surface area contributed by atoms with Crippen LogP contribution in [0.15, 0.2) is 36.4 Å². The lowest BCUT2D eigenvalue weighted by atomic mass is 9.95. The van der Waals surface area contributed by atoms with Gasteiger partial charge in [-0.2, -0.15) is 0 Å². The molecule has 0 atom stereocenters. The lowest BCUT2D eigenvalue weighted by Gasteiger charge is -2.13. The van der Waals surface area contributed by atoms with Gasteiger partial charge in [0.2, 0.25) is 0 Å². The van der Waals surface area contributed by atoms with E-state index in [1.54, 1.807) is 0 Å². The molecule has 3 rings (SSSR count). The molecule has 86 valence electrons. The van der Waals surface area contributed by atoms with Gasteiger partial charge in [-0.1, -0.05) is 50.2 Å². The zero-order valence-electron chi connectivity index (χ0n) is 10.3. The quantitative estimate of drug-likeness (QED) is 0.621. The van der Waals surface area contributed by atoms with Gasteiger partial charge in [-0.3, -0.25) is 0 Å². The Morgan fingerprint density at radius 1 is 1.00 bits per heavy atom. The van der Waals surface area contributed by atoms with Crippen molar-refractivity contribution in [1.82, 2.24) is 0 Å². The predicted molar refractivity (Wildman–Crippen MR) is 73.2 cm³/mol. The van der Waals surface area contributed by atoms with Crippen molar-refractivity contribution in [2.24, 2.45) is 0 Å². The fraction of sp³-hybridized carbons (Fsp3) is 0.250. The monoisotopic (exact) mass is 223 g/mol. The van der Waals surface area contributed by atoms with Crippen LogP contribution in [-0.2, 0) is 6.42 Å². The van der Waals surface area contributed by atoms with E-state index in [0.717, 1.165) is 12.1 Å². The van der Waals surface area contributed by atoms with E-state index >= 15 is 0 Å². The molecule has 1 nitrogen and oxygen atoms in total. The van der Waals surface area contributed by atoms with E-state index < -0.39 is 0 Å². The molecule has 0 radical (unpaired) electrons. The summed E-state index contributed by atoms with van der Waals surface area (Å²) in [6.07, 6.45) is 0.984. The van der Waals surface area contributed by atoms with Crippen LogP contribution in [0.4, 0.5) is 5.69 Å². The summed E-state index contributed by atoms with van der Waals surface area (Å²) in [7, 11) is 0. The summed E-state index contributed by atoms with van der Waals surface area (Å²) in [4.78, 5) is 0. The number of hydrogen-bond donors (Lipinski definition) is 1. The molecule has 1 aliphatic carbocycles. The molecule has 0 spiro atoms. The van der Waals surface area contributed by atoms with Crippen LogP contribution in [-0.4, -0.2) is 0 Å². The highest BCUT2D eigenvalue weighted by atomic mass is 14.6. The fourth-order valence-electron chi connectivity index (χ4n) is 2.76. The molecule has 0 bridgehead atoms. The molecule has 2 aromatic rings. The highest BCUT2D eigenvalue weighted by Crippen LogP contribution is 2.41. The van der Waals surface area contributed by atoms with Crippen molar-refractivity contribution in [3.05, 3.63) is 53.1 Å². The Balaban J connectivity index is 2.22. The van der Waals surface area contributed by atoms with Gasteiger partial charge in [-0.25, -0.2) is 0 Å². The third-order valence-corrected chi connectivity index (χ3v) is 3.69. The van der Waals surface area contributed by atoms with Crippen LogP contribution >= 0.6 is 0 Å². The standard InChI is InChI=1S/C16H17N/c1-10(2)12-7-8-14-13-6-4-3-5-11(13)9-15(14)16(12)17/h3-8,10H,9,17H2,1-2H3. The molecule has 0 heterocycles. The maximum atomic E-state index is 6.32. The second-order valence-corrected chi connectivity index (χ2v) is 5.08. The average Bonchev–Trinajstić information content (AvgIpc) is 2.69. The molecule has 0 saturated heterocycles. The van der Waals surface area contributed by atoms with Crippen LogP contribution in [0, 0.1) is 0 Å². The van der Waals surface area contributed by atoms with Gasteiger partial charge < -0.3 is 5.73 Å². The third kappa shape index (κ3) is 1.46. The molecule has 0 saturated carbocycles. The highest BCUT2D eigenvalue weighted by Gasteiger charge is 2.21. The number of fused-ring (bicyclic) bond motifs is 3. The third-order valence-electron chi connectivity index (χ3n) is 3.69. The summed E-state index contributed by atoms with van der Waals surface area (Å²) in [5.41, 5.74) is 14.0. The highest BCUT2D eigenvalue weighted by molar-refractivity contribution is 5.82. The molecular formula is C16H17N.